The van der Waals surface area contributed by atoms with Gasteiger partial charge in [-0.25, -0.2) is 9.79 Å². The van der Waals surface area contributed by atoms with E-state index in [9.17, 15) is 22.8 Å². The van der Waals surface area contributed by atoms with Gasteiger partial charge in [-0.1, -0.05) is 54.1 Å². The van der Waals surface area contributed by atoms with Crippen molar-refractivity contribution in [3.8, 4) is 5.75 Å². The van der Waals surface area contributed by atoms with Crippen molar-refractivity contribution in [2.45, 2.75) is 57.0 Å². The number of amides is 2. The van der Waals surface area contributed by atoms with Crippen molar-refractivity contribution < 1.29 is 42.1 Å². The van der Waals surface area contributed by atoms with Gasteiger partial charge < -0.3 is 25.6 Å². The number of nitrogens with one attached hydrogen (secondary N) is 1. The molecule has 1 fully saturated rings. The predicted octanol–water partition coefficient (Wildman–Crippen LogP) is 5.72. The summed E-state index contributed by atoms with van der Waals surface area (Å²) in [5.74, 6) is -2.59. The predicted molar refractivity (Wildman–Crippen MR) is 162 cm³/mol. The Morgan fingerprint density at radius 2 is 1.87 bits per heavy atom. The zero-order chi connectivity index (χ0) is 33.1. The number of aliphatic carboxylic acids is 1. The number of halogens is 4. The molecule has 3 aromatic rings. The van der Waals surface area contributed by atoms with Crippen LogP contribution >= 0.6 is 11.6 Å². The number of carbonyl (C=O) groups excluding carboxylic acids is 2. The van der Waals surface area contributed by atoms with Crippen molar-refractivity contribution >= 4 is 51.8 Å². The number of methoxy groups -OCH3 is 1. The first-order chi connectivity index (χ1) is 21.2. The summed E-state index contributed by atoms with van der Waals surface area (Å²) in [6, 6.07) is 16.6. The van der Waals surface area contributed by atoms with E-state index in [0.717, 1.165) is 10.8 Å². The molecular weight excluding hydrogens is 617 g/mol. The minimum Gasteiger partial charge on any atom is -0.496 e. The van der Waals surface area contributed by atoms with Crippen LogP contribution in [0.1, 0.15) is 49.0 Å². The van der Waals surface area contributed by atoms with Crippen molar-refractivity contribution in [2.75, 3.05) is 19.0 Å². The molecule has 0 aromatic heterocycles. The third kappa shape index (κ3) is 7.31. The number of alkyl halides is 3. The number of hydrogen-bond donors (Lipinski definition) is 3. The average molecular weight is 649 g/mol. The molecule has 2 heterocycles. The molecule has 3 atom stereocenters. The van der Waals surface area contributed by atoms with E-state index in [4.69, 9.17) is 41.7 Å². The molecule has 5 rings (SSSR count). The van der Waals surface area contributed by atoms with Crippen LogP contribution in [-0.2, 0) is 19.9 Å². The van der Waals surface area contributed by atoms with Gasteiger partial charge in [-0.2, -0.15) is 13.2 Å². The number of aliphatic imine (C=N–C) groups is 1. The van der Waals surface area contributed by atoms with E-state index < -0.39 is 17.7 Å². The molecule has 2 aliphatic heterocycles. The molecule has 2 amide bonds. The first-order valence-corrected chi connectivity index (χ1v) is 14.3. The fourth-order valence-corrected chi connectivity index (χ4v) is 5.87. The highest BCUT2D eigenvalue weighted by atomic mass is 35.5. The lowest BCUT2D eigenvalue weighted by molar-refractivity contribution is -0.192. The Kier molecular flexibility index (Phi) is 9.93. The minimum absolute atomic E-state index is 0.0451. The maximum Gasteiger partial charge on any atom is 0.490 e. The number of carbonyl (C=O) groups is 3. The number of ether oxygens (including phenoxy) is 2. The van der Waals surface area contributed by atoms with Gasteiger partial charge in [-0.15, -0.1) is 0 Å². The number of benzene rings is 3. The Morgan fingerprint density at radius 1 is 1.18 bits per heavy atom. The SMILES string of the molecule is COc1ccc2ccccc2c1C(=O)Nc1cccc([C@]2(C)CC(=O)N([C@@H]3CCO[C@H](C)C3)C(N)=N2)c1Cl.O=C(O)C(F)(F)F. The van der Waals surface area contributed by atoms with Gasteiger partial charge in [0.05, 0.1) is 41.4 Å². The second-order valence-corrected chi connectivity index (χ2v) is 11.2. The number of rotatable bonds is 5. The van der Waals surface area contributed by atoms with Crippen molar-refractivity contribution in [1.29, 1.82) is 0 Å². The molecule has 0 spiro atoms. The average Bonchev–Trinajstić information content (AvgIpc) is 2.97. The molecule has 10 nitrogen and oxygen atoms in total. The number of hydrogen-bond acceptors (Lipinski definition) is 7. The van der Waals surface area contributed by atoms with E-state index in [2.05, 4.69) is 5.32 Å². The molecule has 0 bridgehead atoms. The third-order valence-corrected chi connectivity index (χ3v) is 8.01. The standard InChI is InChI=1S/C29H31ClN4O4.C2HF3O2/c1-17-15-19(13-14-38-17)34-24(35)16-29(2,33-28(34)31)21-9-6-10-22(26(21)30)32-27(36)25-20-8-5-4-7-18(20)11-12-23(25)37-3;3-2(4,5)1(6)7/h4-12,17,19H,13-16H2,1-3H3,(H2,31,33)(H,32,36);(H,6,7)/t17-,19-,29+;/m1./s1. The molecular formula is C31H32ClF3N4O6. The van der Waals surface area contributed by atoms with E-state index in [1.54, 1.807) is 23.1 Å². The second kappa shape index (κ2) is 13.3. The van der Waals surface area contributed by atoms with E-state index in [-0.39, 0.29) is 36.3 Å². The van der Waals surface area contributed by atoms with Crippen molar-refractivity contribution in [2.24, 2.45) is 10.7 Å². The second-order valence-electron chi connectivity index (χ2n) is 10.8. The summed E-state index contributed by atoms with van der Waals surface area (Å²) >= 11 is 6.86. The molecule has 3 aromatic carbocycles. The maximum atomic E-state index is 13.5. The zero-order valence-electron chi connectivity index (χ0n) is 24.7. The Labute approximate surface area is 261 Å². The molecule has 0 radical (unpaired) electrons. The topological polar surface area (TPSA) is 144 Å². The molecule has 0 unspecified atom stereocenters. The van der Waals surface area contributed by atoms with Crippen LogP contribution in [0.3, 0.4) is 0 Å². The zero-order valence-corrected chi connectivity index (χ0v) is 25.4. The van der Waals surface area contributed by atoms with Crippen LogP contribution in [0, 0.1) is 0 Å². The summed E-state index contributed by atoms with van der Waals surface area (Å²) in [5.41, 5.74) is 6.82. The lowest BCUT2D eigenvalue weighted by Gasteiger charge is -2.41. The van der Waals surface area contributed by atoms with E-state index in [1.165, 1.54) is 7.11 Å². The molecule has 0 saturated carbocycles. The fourth-order valence-electron chi connectivity index (χ4n) is 5.49. The van der Waals surface area contributed by atoms with Crippen LogP contribution in [0.5, 0.6) is 5.75 Å². The fraction of sp³-hybridized carbons (Fsp3) is 0.355. The minimum atomic E-state index is -5.08. The van der Waals surface area contributed by atoms with Crippen LogP contribution in [-0.4, -0.2) is 65.8 Å². The number of anilines is 1. The smallest absolute Gasteiger partial charge is 0.490 e. The summed E-state index contributed by atoms with van der Waals surface area (Å²) < 4.78 is 42.9. The summed E-state index contributed by atoms with van der Waals surface area (Å²) in [7, 11) is 1.53. The Morgan fingerprint density at radius 3 is 2.49 bits per heavy atom. The number of nitrogens with zero attached hydrogens (tertiary/aromatic N) is 2. The molecule has 2 aliphatic rings. The van der Waals surface area contributed by atoms with E-state index >= 15 is 0 Å². The van der Waals surface area contributed by atoms with Crippen molar-refractivity contribution in [1.82, 2.24) is 4.90 Å². The number of nitrogens with two attached hydrogens (primary N) is 1. The quantitative estimate of drug-likeness (QED) is 0.321. The van der Waals surface area contributed by atoms with Crippen molar-refractivity contribution in [3.63, 3.8) is 0 Å². The van der Waals surface area contributed by atoms with Crippen molar-refractivity contribution in [3.05, 3.63) is 70.7 Å². The van der Waals surface area contributed by atoms with Gasteiger partial charge in [0.1, 0.15) is 5.75 Å². The summed E-state index contributed by atoms with van der Waals surface area (Å²) in [6.07, 6.45) is -3.51. The lowest BCUT2D eigenvalue weighted by atomic mass is 9.86. The van der Waals surface area contributed by atoms with Gasteiger partial charge in [-0.3, -0.25) is 14.5 Å². The van der Waals surface area contributed by atoms with E-state index in [0.29, 0.717) is 47.0 Å². The first kappa shape index (κ1) is 33.5. The lowest BCUT2D eigenvalue weighted by Crippen LogP contribution is -2.56. The van der Waals surface area contributed by atoms with Gasteiger partial charge in [-0.05, 0) is 49.6 Å². The van der Waals surface area contributed by atoms with Crippen LogP contribution in [0.25, 0.3) is 10.8 Å². The molecule has 0 aliphatic carbocycles. The van der Waals surface area contributed by atoms with Gasteiger partial charge in [0.15, 0.2) is 5.96 Å². The maximum absolute atomic E-state index is 13.5. The number of carboxylic acids is 1. The number of guanidine groups is 1. The highest BCUT2D eigenvalue weighted by molar-refractivity contribution is 6.35. The normalized spacial score (nSPS) is 21.8. The monoisotopic (exact) mass is 648 g/mol. The summed E-state index contributed by atoms with van der Waals surface area (Å²) in [5, 5.41) is 12.1. The highest BCUT2D eigenvalue weighted by Gasteiger charge is 2.42. The van der Waals surface area contributed by atoms with Gasteiger partial charge in [0.2, 0.25) is 5.91 Å². The molecule has 4 N–H and O–H groups in total. The number of fused-ring (bicyclic) bond motifs is 1. The van der Waals surface area contributed by atoms with Gasteiger partial charge in [0.25, 0.3) is 5.91 Å². The van der Waals surface area contributed by atoms with Crippen LogP contribution in [0.2, 0.25) is 5.02 Å². The van der Waals surface area contributed by atoms with Gasteiger partial charge >= 0.3 is 12.1 Å². The van der Waals surface area contributed by atoms with Crippen LogP contribution in [0.15, 0.2) is 59.6 Å². The number of carboxylic acid groups (broad SMARTS) is 1. The molecule has 45 heavy (non-hydrogen) atoms. The van der Waals surface area contributed by atoms with E-state index in [1.807, 2.05) is 50.2 Å². The molecule has 14 heteroatoms. The highest BCUT2D eigenvalue weighted by Crippen LogP contribution is 2.41. The van der Waals surface area contributed by atoms with Crippen LogP contribution in [0.4, 0.5) is 18.9 Å². The van der Waals surface area contributed by atoms with Gasteiger partial charge in [0, 0.05) is 18.2 Å². The Hall–Kier alpha value is -4.36. The first-order valence-electron chi connectivity index (χ1n) is 13.9. The Balaban J connectivity index is 0.000000591. The molecule has 1 saturated heterocycles. The summed E-state index contributed by atoms with van der Waals surface area (Å²) in [4.78, 5) is 42.1. The Bertz CT molecular complexity index is 1650. The molecule has 240 valence electrons. The summed E-state index contributed by atoms with van der Waals surface area (Å²) in [6.45, 7) is 4.41. The third-order valence-electron chi connectivity index (χ3n) is 7.60. The van der Waals surface area contributed by atoms with Crippen LogP contribution < -0.4 is 15.8 Å². The largest absolute Gasteiger partial charge is 0.496 e.